The van der Waals surface area contributed by atoms with Gasteiger partial charge >= 0.3 is 0 Å². The van der Waals surface area contributed by atoms with Crippen LogP contribution < -0.4 is 11.5 Å². The standard InChI is InChI=1S/C12H13F2N3O3/c13-7-1-2-8(9(14)3-7)10(18)4-17(5-11(15)19)6-12(16)20/h1-3H,4-6H2,(H2,15,19)(H2,16,20). The molecule has 0 aromatic heterocycles. The molecule has 1 aromatic carbocycles. The first-order valence-corrected chi connectivity index (χ1v) is 5.57. The second-order valence-electron chi connectivity index (χ2n) is 4.13. The third-order valence-corrected chi connectivity index (χ3v) is 2.36. The van der Waals surface area contributed by atoms with E-state index in [0.717, 1.165) is 17.0 Å². The quantitative estimate of drug-likeness (QED) is 0.653. The first kappa shape index (κ1) is 15.7. The molecular formula is C12H13F2N3O3. The van der Waals surface area contributed by atoms with Crippen LogP contribution in [0.1, 0.15) is 10.4 Å². The Kier molecular flexibility index (Phi) is 5.27. The first-order chi connectivity index (χ1) is 9.29. The van der Waals surface area contributed by atoms with Crippen molar-refractivity contribution in [3.8, 4) is 0 Å². The zero-order valence-corrected chi connectivity index (χ0v) is 10.4. The van der Waals surface area contributed by atoms with Crippen LogP contribution in [0, 0.1) is 11.6 Å². The van der Waals surface area contributed by atoms with E-state index in [9.17, 15) is 23.2 Å². The number of ketones is 1. The van der Waals surface area contributed by atoms with E-state index in [1.807, 2.05) is 0 Å². The normalized spacial score (nSPS) is 10.6. The van der Waals surface area contributed by atoms with Gasteiger partial charge in [0.25, 0.3) is 0 Å². The lowest BCUT2D eigenvalue weighted by molar-refractivity contribution is -0.121. The van der Waals surface area contributed by atoms with Crippen LogP contribution in [0.15, 0.2) is 18.2 Å². The number of carbonyl (C=O) groups excluding carboxylic acids is 3. The van der Waals surface area contributed by atoms with Crippen LogP contribution in [-0.4, -0.2) is 42.1 Å². The maximum Gasteiger partial charge on any atom is 0.231 e. The smallest absolute Gasteiger partial charge is 0.231 e. The van der Waals surface area contributed by atoms with Crippen molar-refractivity contribution in [3.63, 3.8) is 0 Å². The van der Waals surface area contributed by atoms with Crippen LogP contribution >= 0.6 is 0 Å². The van der Waals surface area contributed by atoms with Gasteiger partial charge < -0.3 is 11.5 Å². The van der Waals surface area contributed by atoms with Crippen molar-refractivity contribution in [2.45, 2.75) is 0 Å². The van der Waals surface area contributed by atoms with Crippen LogP contribution in [0.3, 0.4) is 0 Å². The number of amides is 2. The monoisotopic (exact) mass is 285 g/mol. The van der Waals surface area contributed by atoms with Gasteiger partial charge in [-0.25, -0.2) is 8.78 Å². The van der Waals surface area contributed by atoms with Gasteiger partial charge in [0.15, 0.2) is 5.78 Å². The SMILES string of the molecule is NC(=O)CN(CC(N)=O)CC(=O)c1ccc(F)cc1F. The molecule has 6 nitrogen and oxygen atoms in total. The van der Waals surface area contributed by atoms with Gasteiger partial charge in [0.05, 0.1) is 25.2 Å². The summed E-state index contributed by atoms with van der Waals surface area (Å²) in [4.78, 5) is 34.5. The number of hydrogen-bond acceptors (Lipinski definition) is 4. The van der Waals surface area contributed by atoms with Crippen LogP contribution in [0.5, 0.6) is 0 Å². The second kappa shape index (κ2) is 6.71. The molecule has 0 saturated heterocycles. The van der Waals surface area contributed by atoms with Gasteiger partial charge in [-0.05, 0) is 12.1 Å². The van der Waals surface area contributed by atoms with Crippen molar-refractivity contribution in [2.24, 2.45) is 11.5 Å². The van der Waals surface area contributed by atoms with Gasteiger partial charge in [0.1, 0.15) is 11.6 Å². The number of nitrogens with two attached hydrogens (primary N) is 2. The Balaban J connectivity index is 2.84. The molecule has 0 aliphatic heterocycles. The Morgan fingerprint density at radius 3 is 2.00 bits per heavy atom. The summed E-state index contributed by atoms with van der Waals surface area (Å²) in [5.74, 6) is -4.08. The molecule has 0 radical (unpaired) electrons. The van der Waals surface area contributed by atoms with Crippen molar-refractivity contribution in [2.75, 3.05) is 19.6 Å². The minimum Gasteiger partial charge on any atom is -0.369 e. The molecular weight excluding hydrogens is 272 g/mol. The molecule has 0 saturated carbocycles. The van der Waals surface area contributed by atoms with Gasteiger partial charge in [-0.2, -0.15) is 0 Å². The molecule has 0 bridgehead atoms. The van der Waals surface area contributed by atoms with Crippen molar-refractivity contribution in [1.82, 2.24) is 4.90 Å². The van der Waals surface area contributed by atoms with E-state index in [4.69, 9.17) is 11.5 Å². The van der Waals surface area contributed by atoms with Crippen LogP contribution in [-0.2, 0) is 9.59 Å². The summed E-state index contributed by atoms with van der Waals surface area (Å²) < 4.78 is 26.1. The Morgan fingerprint density at radius 2 is 1.55 bits per heavy atom. The molecule has 1 aromatic rings. The molecule has 0 fully saturated rings. The third kappa shape index (κ3) is 4.73. The highest BCUT2D eigenvalue weighted by molar-refractivity contribution is 5.98. The molecule has 8 heteroatoms. The van der Waals surface area contributed by atoms with Crippen molar-refractivity contribution >= 4 is 17.6 Å². The molecule has 108 valence electrons. The van der Waals surface area contributed by atoms with Crippen LogP contribution in [0.2, 0.25) is 0 Å². The Hall–Kier alpha value is -2.35. The van der Waals surface area contributed by atoms with Gasteiger partial charge in [0.2, 0.25) is 11.8 Å². The summed E-state index contributed by atoms with van der Waals surface area (Å²) in [5.41, 5.74) is 9.59. The summed E-state index contributed by atoms with van der Waals surface area (Å²) in [6, 6.07) is 2.49. The number of nitrogens with zero attached hydrogens (tertiary/aromatic N) is 1. The van der Waals surface area contributed by atoms with Crippen molar-refractivity contribution in [3.05, 3.63) is 35.4 Å². The molecule has 0 spiro atoms. The lowest BCUT2D eigenvalue weighted by Crippen LogP contribution is -2.42. The highest BCUT2D eigenvalue weighted by Gasteiger charge is 2.19. The number of halogens is 2. The lowest BCUT2D eigenvalue weighted by atomic mass is 10.1. The number of benzene rings is 1. The number of primary amides is 2. The minimum atomic E-state index is -1.02. The van der Waals surface area contributed by atoms with Crippen LogP contribution in [0.4, 0.5) is 8.78 Å². The summed E-state index contributed by atoms with van der Waals surface area (Å²) in [7, 11) is 0. The molecule has 0 atom stereocenters. The molecule has 4 N–H and O–H groups in total. The van der Waals surface area contributed by atoms with Gasteiger partial charge in [-0.15, -0.1) is 0 Å². The molecule has 0 heterocycles. The Bertz CT molecular complexity index is 533. The molecule has 0 aliphatic carbocycles. The largest absolute Gasteiger partial charge is 0.369 e. The van der Waals surface area contributed by atoms with E-state index in [1.54, 1.807) is 0 Å². The van der Waals surface area contributed by atoms with Gasteiger partial charge in [-0.1, -0.05) is 0 Å². The van der Waals surface area contributed by atoms with Crippen molar-refractivity contribution in [1.29, 1.82) is 0 Å². The van der Waals surface area contributed by atoms with Gasteiger partial charge in [-0.3, -0.25) is 19.3 Å². The Labute approximate surface area is 113 Å². The summed E-state index contributed by atoms with van der Waals surface area (Å²) >= 11 is 0. The fraction of sp³-hybridized carbons (Fsp3) is 0.250. The maximum atomic E-state index is 13.4. The summed E-state index contributed by atoms with van der Waals surface area (Å²) in [6.07, 6.45) is 0. The number of rotatable bonds is 7. The molecule has 20 heavy (non-hydrogen) atoms. The highest BCUT2D eigenvalue weighted by atomic mass is 19.1. The minimum absolute atomic E-state index is 0.342. The predicted octanol–water partition coefficient (Wildman–Crippen LogP) is -0.580. The van der Waals surface area contributed by atoms with E-state index in [0.29, 0.717) is 6.07 Å². The molecule has 0 unspecified atom stereocenters. The second-order valence-corrected chi connectivity index (χ2v) is 4.13. The number of carbonyl (C=O) groups is 3. The zero-order chi connectivity index (χ0) is 15.3. The van der Waals surface area contributed by atoms with E-state index in [-0.39, 0.29) is 18.7 Å². The van der Waals surface area contributed by atoms with E-state index < -0.39 is 35.8 Å². The van der Waals surface area contributed by atoms with Crippen molar-refractivity contribution < 1.29 is 23.2 Å². The van der Waals surface area contributed by atoms with E-state index in [2.05, 4.69) is 0 Å². The third-order valence-electron chi connectivity index (χ3n) is 2.36. The summed E-state index contributed by atoms with van der Waals surface area (Å²) in [5, 5.41) is 0. The highest BCUT2D eigenvalue weighted by Crippen LogP contribution is 2.10. The molecule has 0 aliphatic rings. The first-order valence-electron chi connectivity index (χ1n) is 5.57. The topological polar surface area (TPSA) is 106 Å². The van der Waals surface area contributed by atoms with E-state index in [1.165, 1.54) is 0 Å². The zero-order valence-electron chi connectivity index (χ0n) is 10.4. The number of hydrogen-bond donors (Lipinski definition) is 2. The maximum absolute atomic E-state index is 13.4. The molecule has 1 rings (SSSR count). The summed E-state index contributed by atoms with van der Waals surface area (Å²) in [6.45, 7) is -1.19. The van der Waals surface area contributed by atoms with Gasteiger partial charge in [0, 0.05) is 6.07 Å². The fourth-order valence-electron chi connectivity index (χ4n) is 1.61. The lowest BCUT2D eigenvalue weighted by Gasteiger charge is -2.18. The molecule has 2 amide bonds. The fourth-order valence-corrected chi connectivity index (χ4v) is 1.61. The number of Topliss-reactive ketones (excluding diaryl/α,β-unsaturated/α-hetero) is 1. The predicted molar refractivity (Wildman–Crippen MR) is 65.5 cm³/mol. The Morgan fingerprint density at radius 1 is 1.00 bits per heavy atom. The average molecular weight is 285 g/mol. The van der Waals surface area contributed by atoms with Crippen LogP contribution in [0.25, 0.3) is 0 Å². The average Bonchev–Trinajstić information content (AvgIpc) is 2.26. The van der Waals surface area contributed by atoms with E-state index >= 15 is 0 Å².